The molecular weight excluding hydrogens is 308 g/mol. The van der Waals surface area contributed by atoms with Gasteiger partial charge in [-0.1, -0.05) is 28.0 Å². The molecule has 0 spiro atoms. The van der Waals surface area contributed by atoms with Crippen molar-refractivity contribution in [2.45, 2.75) is 39.7 Å². The fourth-order valence-corrected chi connectivity index (χ4v) is 2.10. The van der Waals surface area contributed by atoms with Crippen molar-refractivity contribution in [3.8, 4) is 11.4 Å². The fraction of sp³-hybridized carbons (Fsp3) is 0.429. The Balaban J connectivity index is 2.28. The van der Waals surface area contributed by atoms with Gasteiger partial charge in [-0.05, 0) is 43.5 Å². The highest BCUT2D eigenvalue weighted by Gasteiger charge is 2.13. The highest BCUT2D eigenvalue weighted by atomic mass is 79.9. The van der Waals surface area contributed by atoms with Crippen LogP contribution in [0.4, 0.5) is 0 Å². The van der Waals surface area contributed by atoms with Gasteiger partial charge in [-0.2, -0.15) is 4.98 Å². The van der Waals surface area contributed by atoms with E-state index in [-0.39, 0.29) is 0 Å². The molecule has 1 aromatic heterocycles. The number of hydrogen-bond acceptors (Lipinski definition) is 4. The van der Waals surface area contributed by atoms with Gasteiger partial charge in [-0.25, -0.2) is 0 Å². The lowest BCUT2D eigenvalue weighted by Crippen LogP contribution is -2.08. The van der Waals surface area contributed by atoms with Gasteiger partial charge in [0.25, 0.3) is 0 Å². The van der Waals surface area contributed by atoms with Gasteiger partial charge in [0.2, 0.25) is 11.7 Å². The summed E-state index contributed by atoms with van der Waals surface area (Å²) in [4.78, 5) is 4.33. The van der Waals surface area contributed by atoms with Gasteiger partial charge < -0.3 is 9.63 Å². The molecule has 1 heterocycles. The first-order valence-corrected chi connectivity index (χ1v) is 7.08. The number of aliphatic hydroxyl groups is 1. The van der Waals surface area contributed by atoms with E-state index >= 15 is 0 Å². The molecule has 0 bridgehead atoms. The van der Waals surface area contributed by atoms with Crippen molar-refractivity contribution < 1.29 is 9.63 Å². The number of aryl methyl sites for hydroxylation is 2. The van der Waals surface area contributed by atoms with Crippen LogP contribution in [0.2, 0.25) is 0 Å². The SMILES string of the molecule is CCC(O)Cc1nc(-c2cc(C)c(Br)c(C)c2)no1. The van der Waals surface area contributed by atoms with Crippen LogP contribution in [-0.2, 0) is 6.42 Å². The Hall–Kier alpha value is -1.20. The number of nitrogens with zero attached hydrogens (tertiary/aromatic N) is 2. The van der Waals surface area contributed by atoms with Crippen LogP contribution in [0.15, 0.2) is 21.1 Å². The number of halogens is 1. The topological polar surface area (TPSA) is 59.2 Å². The van der Waals surface area contributed by atoms with Crippen molar-refractivity contribution in [2.75, 3.05) is 0 Å². The summed E-state index contributed by atoms with van der Waals surface area (Å²) in [6.07, 6.45) is 0.647. The van der Waals surface area contributed by atoms with E-state index in [1.165, 1.54) is 0 Å². The number of hydrogen-bond donors (Lipinski definition) is 1. The van der Waals surface area contributed by atoms with E-state index in [1.54, 1.807) is 0 Å². The Kier molecular flexibility index (Phi) is 4.37. The smallest absolute Gasteiger partial charge is 0.229 e. The van der Waals surface area contributed by atoms with Gasteiger partial charge in [0, 0.05) is 10.0 Å². The molecule has 4 nitrogen and oxygen atoms in total. The second-order valence-electron chi connectivity index (χ2n) is 4.70. The summed E-state index contributed by atoms with van der Waals surface area (Å²) in [5.41, 5.74) is 3.20. The predicted octanol–water partition coefficient (Wildman–Crippen LogP) is 3.43. The van der Waals surface area contributed by atoms with Gasteiger partial charge in [-0.15, -0.1) is 0 Å². The molecule has 1 unspecified atom stereocenters. The van der Waals surface area contributed by atoms with Crippen LogP contribution in [0.5, 0.6) is 0 Å². The van der Waals surface area contributed by atoms with Crippen LogP contribution in [0.3, 0.4) is 0 Å². The maximum absolute atomic E-state index is 9.58. The minimum absolute atomic E-state index is 0.401. The van der Waals surface area contributed by atoms with Crippen LogP contribution in [0.25, 0.3) is 11.4 Å². The Morgan fingerprint density at radius 3 is 2.53 bits per heavy atom. The maximum Gasteiger partial charge on any atom is 0.229 e. The normalized spacial score (nSPS) is 12.7. The zero-order valence-electron chi connectivity index (χ0n) is 11.3. The molecule has 1 atom stereocenters. The lowest BCUT2D eigenvalue weighted by Gasteiger charge is -2.04. The zero-order valence-corrected chi connectivity index (χ0v) is 12.9. The third kappa shape index (κ3) is 3.22. The van der Waals surface area contributed by atoms with E-state index in [0.29, 0.717) is 24.6 Å². The third-order valence-corrected chi connectivity index (χ3v) is 4.30. The summed E-state index contributed by atoms with van der Waals surface area (Å²) in [5, 5.41) is 13.6. The molecule has 0 saturated carbocycles. The third-order valence-electron chi connectivity index (χ3n) is 3.04. The monoisotopic (exact) mass is 324 g/mol. The molecule has 1 aromatic carbocycles. The average molecular weight is 325 g/mol. The van der Waals surface area contributed by atoms with Gasteiger partial charge >= 0.3 is 0 Å². The number of benzene rings is 1. The number of aliphatic hydroxyl groups excluding tert-OH is 1. The highest BCUT2D eigenvalue weighted by Crippen LogP contribution is 2.27. The van der Waals surface area contributed by atoms with Crippen molar-refractivity contribution in [3.05, 3.63) is 33.6 Å². The van der Waals surface area contributed by atoms with E-state index in [9.17, 15) is 5.11 Å². The van der Waals surface area contributed by atoms with Crippen molar-refractivity contribution >= 4 is 15.9 Å². The fourth-order valence-electron chi connectivity index (χ4n) is 1.88. The average Bonchev–Trinajstić information content (AvgIpc) is 2.83. The van der Waals surface area contributed by atoms with E-state index in [4.69, 9.17) is 4.52 Å². The Morgan fingerprint density at radius 1 is 1.32 bits per heavy atom. The molecule has 0 fully saturated rings. The largest absolute Gasteiger partial charge is 0.393 e. The molecule has 2 rings (SSSR count). The van der Waals surface area contributed by atoms with Gasteiger partial charge in [0.1, 0.15) is 0 Å². The van der Waals surface area contributed by atoms with Crippen LogP contribution >= 0.6 is 15.9 Å². The molecule has 0 aliphatic carbocycles. The molecular formula is C14H17BrN2O2. The standard InChI is InChI=1S/C14H17BrN2O2/c1-4-11(18)7-12-16-14(17-19-12)10-5-8(2)13(15)9(3)6-10/h5-6,11,18H,4,7H2,1-3H3. The summed E-state index contributed by atoms with van der Waals surface area (Å²) < 4.78 is 6.27. The Morgan fingerprint density at radius 2 is 1.95 bits per heavy atom. The van der Waals surface area contributed by atoms with E-state index < -0.39 is 6.10 Å². The number of rotatable bonds is 4. The van der Waals surface area contributed by atoms with Gasteiger partial charge in [-0.3, -0.25) is 0 Å². The molecule has 0 radical (unpaired) electrons. The molecule has 102 valence electrons. The van der Waals surface area contributed by atoms with Crippen LogP contribution in [0.1, 0.15) is 30.4 Å². The molecule has 0 aliphatic rings. The minimum Gasteiger partial charge on any atom is -0.393 e. The maximum atomic E-state index is 9.58. The molecule has 1 N–H and O–H groups in total. The summed E-state index contributed by atoms with van der Waals surface area (Å²) >= 11 is 3.54. The second kappa shape index (κ2) is 5.84. The van der Waals surface area contributed by atoms with Crippen LogP contribution < -0.4 is 0 Å². The van der Waals surface area contributed by atoms with Crippen LogP contribution in [0, 0.1) is 13.8 Å². The molecule has 0 aliphatic heterocycles. The quantitative estimate of drug-likeness (QED) is 0.936. The summed E-state index contributed by atoms with van der Waals surface area (Å²) in [6, 6.07) is 4.03. The minimum atomic E-state index is -0.429. The van der Waals surface area contributed by atoms with E-state index in [2.05, 4.69) is 26.1 Å². The van der Waals surface area contributed by atoms with Crippen molar-refractivity contribution in [1.82, 2.24) is 10.1 Å². The molecule has 19 heavy (non-hydrogen) atoms. The molecule has 2 aromatic rings. The first-order valence-electron chi connectivity index (χ1n) is 6.29. The van der Waals surface area contributed by atoms with Crippen molar-refractivity contribution in [3.63, 3.8) is 0 Å². The Bertz CT molecular complexity index is 558. The molecule has 0 saturated heterocycles. The highest BCUT2D eigenvalue weighted by molar-refractivity contribution is 9.10. The van der Waals surface area contributed by atoms with E-state index in [0.717, 1.165) is 21.2 Å². The van der Waals surface area contributed by atoms with Crippen molar-refractivity contribution in [1.29, 1.82) is 0 Å². The first kappa shape index (κ1) is 14.2. The predicted molar refractivity (Wildman–Crippen MR) is 76.9 cm³/mol. The lowest BCUT2D eigenvalue weighted by atomic mass is 10.1. The summed E-state index contributed by atoms with van der Waals surface area (Å²) in [6.45, 7) is 5.98. The Labute approximate surface area is 121 Å². The molecule has 0 amide bonds. The van der Waals surface area contributed by atoms with Crippen molar-refractivity contribution in [2.24, 2.45) is 0 Å². The van der Waals surface area contributed by atoms with E-state index in [1.807, 2.05) is 32.9 Å². The first-order chi connectivity index (χ1) is 9.01. The summed E-state index contributed by atoms with van der Waals surface area (Å²) in [5.74, 6) is 1.04. The van der Waals surface area contributed by atoms with Gasteiger partial charge in [0.05, 0.1) is 12.5 Å². The zero-order chi connectivity index (χ0) is 14.0. The second-order valence-corrected chi connectivity index (χ2v) is 5.49. The van der Waals surface area contributed by atoms with Crippen LogP contribution in [-0.4, -0.2) is 21.4 Å². The van der Waals surface area contributed by atoms with Gasteiger partial charge in [0.15, 0.2) is 0 Å². The number of aromatic nitrogens is 2. The molecule has 5 heteroatoms. The summed E-state index contributed by atoms with van der Waals surface area (Å²) in [7, 11) is 0. The lowest BCUT2D eigenvalue weighted by molar-refractivity contribution is 0.158.